The van der Waals surface area contributed by atoms with Crippen LogP contribution in [-0.2, 0) is 0 Å². The summed E-state index contributed by atoms with van der Waals surface area (Å²) in [4.78, 5) is 16.6. The van der Waals surface area contributed by atoms with E-state index in [1.807, 2.05) is 43.0 Å². The van der Waals surface area contributed by atoms with Gasteiger partial charge >= 0.3 is 0 Å². The minimum atomic E-state index is 0.108. The SMILES string of the molecule is CCN(C(=O)c1ccc(N(C)C)c(N)c1)C1CCCC1. The molecule has 4 nitrogen and oxygen atoms in total. The fourth-order valence-corrected chi connectivity index (χ4v) is 3.04. The molecular formula is C16H25N3O. The first kappa shape index (κ1) is 14.7. The van der Waals surface area contributed by atoms with Gasteiger partial charge in [0, 0.05) is 32.2 Å². The number of amides is 1. The molecule has 1 fully saturated rings. The Balaban J connectivity index is 2.21. The smallest absolute Gasteiger partial charge is 0.254 e. The number of rotatable bonds is 4. The Kier molecular flexibility index (Phi) is 4.53. The first-order valence-corrected chi connectivity index (χ1v) is 7.42. The number of hydrogen-bond donors (Lipinski definition) is 1. The number of nitrogens with zero attached hydrogens (tertiary/aromatic N) is 2. The molecule has 1 aromatic carbocycles. The van der Waals surface area contributed by atoms with E-state index in [9.17, 15) is 4.79 Å². The van der Waals surface area contributed by atoms with E-state index in [0.717, 1.165) is 25.1 Å². The number of carbonyl (C=O) groups excluding carboxylic acids is 1. The molecule has 0 aromatic heterocycles. The second-order valence-corrected chi connectivity index (χ2v) is 5.70. The zero-order chi connectivity index (χ0) is 14.7. The van der Waals surface area contributed by atoms with Crippen LogP contribution >= 0.6 is 0 Å². The van der Waals surface area contributed by atoms with E-state index in [0.29, 0.717) is 17.3 Å². The predicted octanol–water partition coefficient (Wildman–Crippen LogP) is 2.74. The molecule has 2 N–H and O–H groups in total. The minimum absolute atomic E-state index is 0.108. The standard InChI is InChI=1S/C16H25N3O/c1-4-19(13-7-5-6-8-13)16(20)12-9-10-15(18(2)3)14(17)11-12/h9-11,13H,4-8,17H2,1-3H3. The zero-order valence-corrected chi connectivity index (χ0v) is 12.7. The maximum atomic E-state index is 12.7. The van der Waals surface area contributed by atoms with Gasteiger partial charge in [0.1, 0.15) is 0 Å². The van der Waals surface area contributed by atoms with Crippen molar-refractivity contribution in [3.63, 3.8) is 0 Å². The summed E-state index contributed by atoms with van der Waals surface area (Å²) in [7, 11) is 3.90. The van der Waals surface area contributed by atoms with Gasteiger partial charge in [0.2, 0.25) is 0 Å². The van der Waals surface area contributed by atoms with Crippen molar-refractivity contribution in [1.29, 1.82) is 0 Å². The third kappa shape index (κ3) is 2.89. The maximum Gasteiger partial charge on any atom is 0.254 e. The average Bonchev–Trinajstić information content (AvgIpc) is 2.92. The summed E-state index contributed by atoms with van der Waals surface area (Å²) >= 11 is 0. The van der Waals surface area contributed by atoms with Crippen LogP contribution in [-0.4, -0.2) is 37.5 Å². The molecule has 0 spiro atoms. The van der Waals surface area contributed by atoms with Crippen LogP contribution in [0.5, 0.6) is 0 Å². The maximum absolute atomic E-state index is 12.7. The Morgan fingerprint density at radius 2 is 1.95 bits per heavy atom. The molecule has 2 rings (SSSR count). The first-order valence-electron chi connectivity index (χ1n) is 7.42. The van der Waals surface area contributed by atoms with Gasteiger partial charge in [-0.15, -0.1) is 0 Å². The summed E-state index contributed by atoms with van der Waals surface area (Å²) in [6.45, 7) is 2.81. The van der Waals surface area contributed by atoms with Crippen LogP contribution in [0.3, 0.4) is 0 Å². The first-order chi connectivity index (χ1) is 9.54. The highest BCUT2D eigenvalue weighted by Crippen LogP contribution is 2.27. The van der Waals surface area contributed by atoms with Gasteiger partial charge in [-0.2, -0.15) is 0 Å². The van der Waals surface area contributed by atoms with E-state index in [1.165, 1.54) is 12.8 Å². The molecule has 1 aliphatic rings. The molecule has 110 valence electrons. The van der Waals surface area contributed by atoms with Crippen LogP contribution in [0.4, 0.5) is 11.4 Å². The van der Waals surface area contributed by atoms with Crippen LogP contribution < -0.4 is 10.6 Å². The number of benzene rings is 1. The Labute approximate surface area is 121 Å². The van der Waals surface area contributed by atoms with Gasteiger partial charge in [0.05, 0.1) is 11.4 Å². The number of nitrogen functional groups attached to an aromatic ring is 1. The topological polar surface area (TPSA) is 49.6 Å². The minimum Gasteiger partial charge on any atom is -0.397 e. The summed E-state index contributed by atoms with van der Waals surface area (Å²) < 4.78 is 0. The largest absolute Gasteiger partial charge is 0.397 e. The lowest BCUT2D eigenvalue weighted by Gasteiger charge is -2.28. The summed E-state index contributed by atoms with van der Waals surface area (Å²) in [6.07, 6.45) is 4.72. The predicted molar refractivity (Wildman–Crippen MR) is 84.1 cm³/mol. The van der Waals surface area contributed by atoms with Crippen molar-refractivity contribution in [2.75, 3.05) is 31.3 Å². The van der Waals surface area contributed by atoms with Crippen molar-refractivity contribution in [3.8, 4) is 0 Å². The second kappa shape index (κ2) is 6.16. The zero-order valence-electron chi connectivity index (χ0n) is 12.7. The fraction of sp³-hybridized carbons (Fsp3) is 0.562. The summed E-state index contributed by atoms with van der Waals surface area (Å²) in [6, 6.07) is 6.01. The van der Waals surface area contributed by atoms with E-state index < -0.39 is 0 Å². The molecule has 0 radical (unpaired) electrons. The quantitative estimate of drug-likeness (QED) is 0.860. The normalized spacial score (nSPS) is 15.3. The molecule has 4 heteroatoms. The van der Waals surface area contributed by atoms with Crippen LogP contribution in [0.1, 0.15) is 43.0 Å². The molecule has 0 saturated heterocycles. The van der Waals surface area contributed by atoms with Crippen molar-refractivity contribution in [3.05, 3.63) is 23.8 Å². The van der Waals surface area contributed by atoms with Crippen LogP contribution in [0.15, 0.2) is 18.2 Å². The second-order valence-electron chi connectivity index (χ2n) is 5.70. The van der Waals surface area contributed by atoms with Crippen molar-refractivity contribution in [2.24, 2.45) is 0 Å². The van der Waals surface area contributed by atoms with Gasteiger partial charge in [0.15, 0.2) is 0 Å². The van der Waals surface area contributed by atoms with Gasteiger partial charge in [-0.3, -0.25) is 4.79 Å². The van der Waals surface area contributed by atoms with Crippen LogP contribution in [0.2, 0.25) is 0 Å². The van der Waals surface area contributed by atoms with E-state index in [1.54, 1.807) is 6.07 Å². The lowest BCUT2D eigenvalue weighted by Crippen LogP contribution is -2.38. The van der Waals surface area contributed by atoms with Gasteiger partial charge in [-0.25, -0.2) is 0 Å². The Hall–Kier alpha value is -1.71. The molecule has 0 unspecified atom stereocenters. The van der Waals surface area contributed by atoms with Crippen molar-refractivity contribution >= 4 is 17.3 Å². The van der Waals surface area contributed by atoms with Gasteiger partial charge < -0.3 is 15.5 Å². The highest BCUT2D eigenvalue weighted by Gasteiger charge is 2.26. The molecular weight excluding hydrogens is 250 g/mol. The third-order valence-corrected chi connectivity index (χ3v) is 4.12. The van der Waals surface area contributed by atoms with Crippen LogP contribution in [0, 0.1) is 0 Å². The van der Waals surface area contributed by atoms with Crippen LogP contribution in [0.25, 0.3) is 0 Å². The van der Waals surface area contributed by atoms with Gasteiger partial charge in [-0.1, -0.05) is 12.8 Å². The number of nitrogens with two attached hydrogens (primary N) is 1. The number of hydrogen-bond acceptors (Lipinski definition) is 3. The molecule has 20 heavy (non-hydrogen) atoms. The molecule has 1 saturated carbocycles. The lowest BCUT2D eigenvalue weighted by molar-refractivity contribution is 0.0693. The monoisotopic (exact) mass is 275 g/mol. The highest BCUT2D eigenvalue weighted by molar-refractivity contribution is 5.96. The van der Waals surface area contributed by atoms with Gasteiger partial charge in [0.25, 0.3) is 5.91 Å². The Morgan fingerprint density at radius 1 is 1.30 bits per heavy atom. The van der Waals surface area contributed by atoms with Crippen molar-refractivity contribution < 1.29 is 4.79 Å². The summed E-state index contributed by atoms with van der Waals surface area (Å²) in [5, 5.41) is 0. The van der Waals surface area contributed by atoms with Crippen molar-refractivity contribution in [1.82, 2.24) is 4.90 Å². The van der Waals surface area contributed by atoms with E-state index in [2.05, 4.69) is 0 Å². The van der Waals surface area contributed by atoms with Gasteiger partial charge in [-0.05, 0) is 38.0 Å². The molecule has 1 amide bonds. The summed E-state index contributed by atoms with van der Waals surface area (Å²) in [5.41, 5.74) is 8.34. The number of carbonyl (C=O) groups is 1. The van der Waals surface area contributed by atoms with E-state index >= 15 is 0 Å². The van der Waals surface area contributed by atoms with E-state index in [4.69, 9.17) is 5.73 Å². The third-order valence-electron chi connectivity index (χ3n) is 4.12. The average molecular weight is 275 g/mol. The molecule has 1 aromatic rings. The highest BCUT2D eigenvalue weighted by atomic mass is 16.2. The fourth-order valence-electron chi connectivity index (χ4n) is 3.04. The summed E-state index contributed by atoms with van der Waals surface area (Å²) in [5.74, 6) is 0.108. The molecule has 0 aliphatic heterocycles. The number of anilines is 2. The molecule has 0 heterocycles. The molecule has 1 aliphatic carbocycles. The molecule has 0 atom stereocenters. The van der Waals surface area contributed by atoms with Crippen molar-refractivity contribution in [2.45, 2.75) is 38.6 Å². The lowest BCUT2D eigenvalue weighted by atomic mass is 10.1. The Bertz CT molecular complexity index is 479. The van der Waals surface area contributed by atoms with E-state index in [-0.39, 0.29) is 5.91 Å². The Morgan fingerprint density at radius 3 is 2.45 bits per heavy atom. The molecule has 0 bridgehead atoms.